The normalized spacial score (nSPS) is 10.3. The number of benzene rings is 2. The maximum Gasteiger partial charge on any atom is 0.335 e. The van der Waals surface area contributed by atoms with Crippen molar-refractivity contribution >= 4 is 11.8 Å². The van der Waals surface area contributed by atoms with Crippen molar-refractivity contribution in [1.82, 2.24) is 0 Å². The number of carboxylic acid groups (broad SMARTS) is 1. The lowest BCUT2D eigenvalue weighted by Gasteiger charge is -2.11. The first-order valence-electron chi connectivity index (χ1n) is 7.36. The van der Waals surface area contributed by atoms with Crippen molar-refractivity contribution < 1.29 is 34.4 Å². The molecule has 0 unspecified atom stereocenters. The minimum Gasteiger partial charge on any atom is -0.504 e. The molecule has 0 spiro atoms. The highest BCUT2D eigenvalue weighted by Gasteiger charge is 2.17. The summed E-state index contributed by atoms with van der Waals surface area (Å²) in [6.07, 6.45) is -0.160. The Bertz CT molecular complexity index is 811. The number of phenols is 2. The van der Waals surface area contributed by atoms with Gasteiger partial charge in [-0.2, -0.15) is 0 Å². The van der Waals surface area contributed by atoms with Crippen molar-refractivity contribution in [1.29, 1.82) is 0 Å². The van der Waals surface area contributed by atoms with Gasteiger partial charge in [-0.3, -0.25) is 4.79 Å². The lowest BCUT2D eigenvalue weighted by atomic mass is 9.99. The second-order valence-electron chi connectivity index (χ2n) is 5.39. The number of carbonyl (C=O) groups is 2. The van der Waals surface area contributed by atoms with Crippen LogP contribution in [0.2, 0.25) is 0 Å². The number of methoxy groups -OCH3 is 2. The molecule has 132 valence electrons. The molecule has 3 N–H and O–H groups in total. The van der Waals surface area contributed by atoms with Crippen LogP contribution < -0.4 is 9.47 Å². The van der Waals surface area contributed by atoms with Gasteiger partial charge >= 0.3 is 5.97 Å². The molecule has 0 amide bonds. The zero-order chi connectivity index (χ0) is 18.6. The number of phenolic OH excluding ortho intramolecular Hbond substituents is 2. The van der Waals surface area contributed by atoms with Crippen LogP contribution in [0.1, 0.15) is 21.5 Å². The van der Waals surface area contributed by atoms with E-state index in [0.29, 0.717) is 11.3 Å². The maximum atomic E-state index is 12.3. The fourth-order valence-electron chi connectivity index (χ4n) is 2.43. The third kappa shape index (κ3) is 4.20. The van der Waals surface area contributed by atoms with Crippen LogP contribution in [0.15, 0.2) is 30.3 Å². The van der Waals surface area contributed by atoms with Gasteiger partial charge in [0.05, 0.1) is 19.8 Å². The van der Waals surface area contributed by atoms with E-state index in [4.69, 9.17) is 14.6 Å². The number of Topliss-reactive ketones (excluding diaryl/α,β-unsaturated/α-hetero) is 1. The zero-order valence-corrected chi connectivity index (χ0v) is 13.8. The van der Waals surface area contributed by atoms with Gasteiger partial charge in [0.2, 0.25) is 0 Å². The molecule has 0 aromatic heterocycles. The molecule has 2 aromatic rings. The molecule has 0 aliphatic heterocycles. The summed E-state index contributed by atoms with van der Waals surface area (Å²) < 4.78 is 9.89. The largest absolute Gasteiger partial charge is 0.504 e. The van der Waals surface area contributed by atoms with Crippen LogP contribution in [0.4, 0.5) is 0 Å². The van der Waals surface area contributed by atoms with Gasteiger partial charge in [-0.05, 0) is 29.8 Å². The Labute approximate surface area is 144 Å². The van der Waals surface area contributed by atoms with E-state index in [1.165, 1.54) is 32.4 Å². The van der Waals surface area contributed by atoms with Crippen LogP contribution in [-0.4, -0.2) is 41.3 Å². The van der Waals surface area contributed by atoms with Gasteiger partial charge in [0.25, 0.3) is 0 Å². The number of hydrogen-bond acceptors (Lipinski definition) is 6. The average Bonchev–Trinajstić information content (AvgIpc) is 2.56. The van der Waals surface area contributed by atoms with E-state index in [9.17, 15) is 19.8 Å². The molecule has 0 fully saturated rings. The van der Waals surface area contributed by atoms with Crippen molar-refractivity contribution in [2.75, 3.05) is 14.2 Å². The fraction of sp³-hybridized carbons (Fsp3) is 0.222. The van der Waals surface area contributed by atoms with Gasteiger partial charge in [0.1, 0.15) is 5.78 Å². The second-order valence-corrected chi connectivity index (χ2v) is 5.39. The van der Waals surface area contributed by atoms with Crippen LogP contribution >= 0.6 is 0 Å². The first-order chi connectivity index (χ1) is 11.8. The second kappa shape index (κ2) is 7.57. The molecule has 0 radical (unpaired) electrons. The predicted molar refractivity (Wildman–Crippen MR) is 88.7 cm³/mol. The Hall–Kier alpha value is -3.22. The fourth-order valence-corrected chi connectivity index (χ4v) is 2.43. The zero-order valence-electron chi connectivity index (χ0n) is 13.8. The summed E-state index contributed by atoms with van der Waals surface area (Å²) in [4.78, 5) is 23.4. The number of carboxylic acids is 1. The van der Waals surface area contributed by atoms with Gasteiger partial charge in [0.15, 0.2) is 23.0 Å². The quantitative estimate of drug-likeness (QED) is 0.704. The van der Waals surface area contributed by atoms with Crippen molar-refractivity contribution in [2.24, 2.45) is 0 Å². The molecular formula is C18H18O7. The maximum absolute atomic E-state index is 12.3. The van der Waals surface area contributed by atoms with Crippen LogP contribution in [0.25, 0.3) is 0 Å². The van der Waals surface area contributed by atoms with Crippen LogP contribution in [-0.2, 0) is 17.6 Å². The summed E-state index contributed by atoms with van der Waals surface area (Å²) in [6.45, 7) is 0. The molecule has 7 heteroatoms. The molecule has 0 aliphatic rings. The Morgan fingerprint density at radius 2 is 1.64 bits per heavy atom. The van der Waals surface area contributed by atoms with E-state index in [1.54, 1.807) is 12.1 Å². The van der Waals surface area contributed by atoms with Gasteiger partial charge in [-0.25, -0.2) is 4.79 Å². The van der Waals surface area contributed by atoms with Gasteiger partial charge < -0.3 is 24.8 Å². The minimum atomic E-state index is -1.19. The molecule has 2 rings (SSSR count). The number of ether oxygens (including phenoxy) is 2. The topological polar surface area (TPSA) is 113 Å². The van der Waals surface area contributed by atoms with Crippen LogP contribution in [0, 0.1) is 0 Å². The van der Waals surface area contributed by atoms with E-state index in [2.05, 4.69) is 0 Å². The highest BCUT2D eigenvalue weighted by molar-refractivity contribution is 5.90. The van der Waals surface area contributed by atoms with Gasteiger partial charge in [0, 0.05) is 18.4 Å². The number of aromatic carboxylic acids is 1. The van der Waals surface area contributed by atoms with Crippen molar-refractivity contribution in [3.8, 4) is 23.0 Å². The smallest absolute Gasteiger partial charge is 0.335 e. The first kappa shape index (κ1) is 18.1. The minimum absolute atomic E-state index is 0.00945. The molecule has 0 bridgehead atoms. The summed E-state index contributed by atoms with van der Waals surface area (Å²) in [6, 6.07) is 7.04. The number of aromatic hydroxyl groups is 2. The predicted octanol–water partition coefficient (Wildman–Crippen LogP) is 2.17. The Morgan fingerprint density at radius 1 is 0.960 bits per heavy atom. The van der Waals surface area contributed by atoms with Crippen molar-refractivity contribution in [3.63, 3.8) is 0 Å². The molecule has 0 aliphatic carbocycles. The number of hydrogen-bond donors (Lipinski definition) is 3. The summed E-state index contributed by atoms with van der Waals surface area (Å²) in [5, 5.41) is 28.9. The number of rotatable bonds is 7. The Balaban J connectivity index is 2.21. The van der Waals surface area contributed by atoms with Gasteiger partial charge in [-0.1, -0.05) is 6.07 Å². The molecule has 0 saturated carbocycles. The highest BCUT2D eigenvalue weighted by atomic mass is 16.5. The summed E-state index contributed by atoms with van der Waals surface area (Å²) >= 11 is 0. The van der Waals surface area contributed by atoms with E-state index >= 15 is 0 Å². The molecule has 7 nitrogen and oxygen atoms in total. The first-order valence-corrected chi connectivity index (χ1v) is 7.36. The third-order valence-corrected chi connectivity index (χ3v) is 3.65. The molecular weight excluding hydrogens is 328 g/mol. The Kier molecular flexibility index (Phi) is 5.49. The summed E-state index contributed by atoms with van der Waals surface area (Å²) in [5.74, 6) is -1.50. The average molecular weight is 346 g/mol. The molecule has 2 aromatic carbocycles. The van der Waals surface area contributed by atoms with E-state index in [-0.39, 0.29) is 47.0 Å². The highest BCUT2D eigenvalue weighted by Crippen LogP contribution is 2.32. The Morgan fingerprint density at radius 3 is 2.20 bits per heavy atom. The van der Waals surface area contributed by atoms with E-state index < -0.39 is 5.97 Å². The number of ketones is 1. The molecule has 0 heterocycles. The van der Waals surface area contributed by atoms with E-state index in [1.807, 2.05) is 0 Å². The third-order valence-electron chi connectivity index (χ3n) is 3.65. The van der Waals surface area contributed by atoms with E-state index in [0.717, 1.165) is 0 Å². The number of carbonyl (C=O) groups excluding carboxylic acids is 1. The monoisotopic (exact) mass is 346 g/mol. The summed E-state index contributed by atoms with van der Waals surface area (Å²) in [7, 11) is 2.72. The SMILES string of the molecule is COc1ccc(CC(=O)Cc2cc(C(=O)O)cc(OC)c2O)cc1O. The molecule has 0 saturated heterocycles. The molecule has 25 heavy (non-hydrogen) atoms. The van der Waals surface area contributed by atoms with Crippen LogP contribution in [0.5, 0.6) is 23.0 Å². The van der Waals surface area contributed by atoms with Gasteiger partial charge in [-0.15, -0.1) is 0 Å². The lowest BCUT2D eigenvalue weighted by molar-refractivity contribution is -0.117. The lowest BCUT2D eigenvalue weighted by Crippen LogP contribution is -2.08. The van der Waals surface area contributed by atoms with Crippen LogP contribution in [0.3, 0.4) is 0 Å². The summed E-state index contributed by atoms with van der Waals surface area (Å²) in [5.41, 5.74) is 0.656. The standard InChI is InChI=1S/C18H18O7/c1-24-15-4-3-10(6-14(15)20)5-13(19)8-11-7-12(18(22)23)9-16(25-2)17(11)21/h3-4,6-7,9,20-21H,5,8H2,1-2H3,(H,22,23). The van der Waals surface area contributed by atoms with Crippen molar-refractivity contribution in [3.05, 3.63) is 47.0 Å². The molecule has 0 atom stereocenters. The van der Waals surface area contributed by atoms with Crippen molar-refractivity contribution in [2.45, 2.75) is 12.8 Å².